The van der Waals surface area contributed by atoms with Gasteiger partial charge in [0.1, 0.15) is 6.10 Å². The van der Waals surface area contributed by atoms with Gasteiger partial charge < -0.3 is 4.74 Å². The van der Waals surface area contributed by atoms with E-state index in [2.05, 4.69) is 24.3 Å². The third-order valence-electron chi connectivity index (χ3n) is 4.43. The molecule has 0 bridgehead atoms. The van der Waals surface area contributed by atoms with Gasteiger partial charge in [-0.3, -0.25) is 4.79 Å². The van der Waals surface area contributed by atoms with E-state index in [4.69, 9.17) is 4.74 Å². The van der Waals surface area contributed by atoms with E-state index in [-0.39, 0.29) is 18.0 Å². The second kappa shape index (κ2) is 7.31. The maximum absolute atomic E-state index is 12.6. The predicted molar refractivity (Wildman–Crippen MR) is 97.9 cm³/mol. The van der Waals surface area contributed by atoms with E-state index < -0.39 is 0 Å². The van der Waals surface area contributed by atoms with Crippen LogP contribution in [0.2, 0.25) is 0 Å². The molecule has 0 amide bonds. The number of rotatable bonds is 5. The lowest BCUT2D eigenvalue weighted by Crippen LogP contribution is -2.17. The summed E-state index contributed by atoms with van der Waals surface area (Å²) in [5, 5.41) is 2.35. The van der Waals surface area contributed by atoms with Crippen LogP contribution in [0.1, 0.15) is 43.4 Å². The number of ether oxygens (including phenoxy) is 1. The van der Waals surface area contributed by atoms with Gasteiger partial charge in [-0.05, 0) is 41.3 Å². The zero-order chi connectivity index (χ0) is 16.9. The molecule has 3 aromatic carbocycles. The molecule has 2 atom stereocenters. The summed E-state index contributed by atoms with van der Waals surface area (Å²) in [6.07, 6.45) is 0.465. The molecule has 0 aliphatic heterocycles. The summed E-state index contributed by atoms with van der Waals surface area (Å²) < 4.78 is 5.75. The van der Waals surface area contributed by atoms with Gasteiger partial charge in [-0.15, -0.1) is 0 Å². The molecular formula is C22H22O2. The lowest BCUT2D eigenvalue weighted by molar-refractivity contribution is -0.150. The van der Waals surface area contributed by atoms with Crippen molar-refractivity contribution in [3.8, 4) is 0 Å². The average molecular weight is 318 g/mol. The van der Waals surface area contributed by atoms with Crippen LogP contribution < -0.4 is 0 Å². The molecule has 122 valence electrons. The lowest BCUT2D eigenvalue weighted by atomic mass is 9.96. The van der Waals surface area contributed by atoms with Crippen molar-refractivity contribution in [1.29, 1.82) is 0 Å². The van der Waals surface area contributed by atoms with Crippen molar-refractivity contribution in [3.63, 3.8) is 0 Å². The van der Waals surface area contributed by atoms with Gasteiger partial charge in [0.25, 0.3) is 0 Å². The van der Waals surface area contributed by atoms with Gasteiger partial charge in [0.2, 0.25) is 0 Å². The zero-order valence-electron chi connectivity index (χ0n) is 14.1. The zero-order valence-corrected chi connectivity index (χ0v) is 14.1. The van der Waals surface area contributed by atoms with Crippen LogP contribution in [0, 0.1) is 0 Å². The Bertz CT molecular complexity index is 824. The summed E-state index contributed by atoms with van der Waals surface area (Å²) in [6.45, 7) is 3.94. The van der Waals surface area contributed by atoms with Crippen LogP contribution in [0.15, 0.2) is 72.8 Å². The van der Waals surface area contributed by atoms with Crippen molar-refractivity contribution < 1.29 is 9.53 Å². The summed E-state index contributed by atoms with van der Waals surface area (Å²) >= 11 is 0. The monoisotopic (exact) mass is 318 g/mol. The highest BCUT2D eigenvalue weighted by molar-refractivity contribution is 5.83. The van der Waals surface area contributed by atoms with Crippen molar-refractivity contribution in [2.45, 2.75) is 32.3 Å². The Kier molecular flexibility index (Phi) is 4.95. The van der Waals surface area contributed by atoms with Gasteiger partial charge in [0.15, 0.2) is 0 Å². The summed E-state index contributed by atoms with van der Waals surface area (Å²) in [4.78, 5) is 12.6. The molecule has 0 fully saturated rings. The smallest absolute Gasteiger partial charge is 0.314 e. The van der Waals surface area contributed by atoms with Crippen LogP contribution in [-0.2, 0) is 9.53 Å². The Morgan fingerprint density at radius 1 is 0.875 bits per heavy atom. The first kappa shape index (κ1) is 16.3. The van der Waals surface area contributed by atoms with Crippen molar-refractivity contribution in [1.82, 2.24) is 0 Å². The molecule has 0 aliphatic carbocycles. The molecular weight excluding hydrogens is 296 g/mol. The highest BCUT2D eigenvalue weighted by Crippen LogP contribution is 2.27. The van der Waals surface area contributed by atoms with Crippen molar-refractivity contribution >= 4 is 16.7 Å². The van der Waals surface area contributed by atoms with Gasteiger partial charge in [0.05, 0.1) is 5.92 Å². The van der Waals surface area contributed by atoms with Gasteiger partial charge in [-0.1, -0.05) is 73.7 Å². The lowest BCUT2D eigenvalue weighted by Gasteiger charge is -2.19. The number of hydrogen-bond acceptors (Lipinski definition) is 2. The highest BCUT2D eigenvalue weighted by atomic mass is 16.5. The van der Waals surface area contributed by atoms with Crippen LogP contribution in [0.3, 0.4) is 0 Å². The SMILES string of the molecule is CC[C@H](C(=O)O[C@@H](C)c1ccc2ccccc2c1)c1ccccc1. The number of benzene rings is 3. The second-order valence-electron chi connectivity index (χ2n) is 6.06. The second-order valence-corrected chi connectivity index (χ2v) is 6.06. The van der Waals surface area contributed by atoms with E-state index in [1.165, 1.54) is 5.39 Å². The maximum Gasteiger partial charge on any atom is 0.314 e. The largest absolute Gasteiger partial charge is 0.457 e. The van der Waals surface area contributed by atoms with Crippen molar-refractivity contribution in [3.05, 3.63) is 83.9 Å². The molecule has 0 unspecified atom stereocenters. The van der Waals surface area contributed by atoms with Gasteiger partial charge in [-0.2, -0.15) is 0 Å². The van der Waals surface area contributed by atoms with Crippen LogP contribution in [0.4, 0.5) is 0 Å². The minimum Gasteiger partial charge on any atom is -0.457 e. The summed E-state index contributed by atoms with van der Waals surface area (Å²) in [6, 6.07) is 24.2. The van der Waals surface area contributed by atoms with Gasteiger partial charge >= 0.3 is 5.97 Å². The van der Waals surface area contributed by atoms with E-state index in [1.54, 1.807) is 0 Å². The van der Waals surface area contributed by atoms with E-state index in [1.807, 2.05) is 62.4 Å². The van der Waals surface area contributed by atoms with E-state index >= 15 is 0 Å². The summed E-state index contributed by atoms with van der Waals surface area (Å²) in [5.74, 6) is -0.376. The number of carbonyl (C=O) groups is 1. The summed E-state index contributed by atoms with van der Waals surface area (Å²) in [5.41, 5.74) is 2.03. The molecule has 0 aromatic heterocycles. The highest BCUT2D eigenvalue weighted by Gasteiger charge is 2.22. The minimum absolute atomic E-state index is 0.163. The molecule has 3 aromatic rings. The van der Waals surface area contributed by atoms with E-state index in [0.29, 0.717) is 0 Å². The minimum atomic E-state index is -0.264. The van der Waals surface area contributed by atoms with Crippen molar-refractivity contribution in [2.75, 3.05) is 0 Å². The normalized spacial score (nSPS) is 13.4. The predicted octanol–water partition coefficient (Wildman–Crippen LogP) is 5.64. The van der Waals surface area contributed by atoms with Gasteiger partial charge in [0, 0.05) is 0 Å². The number of fused-ring (bicyclic) bond motifs is 1. The molecule has 2 heteroatoms. The van der Waals surface area contributed by atoms with Crippen molar-refractivity contribution in [2.24, 2.45) is 0 Å². The molecule has 24 heavy (non-hydrogen) atoms. The van der Waals surface area contributed by atoms with E-state index in [9.17, 15) is 4.79 Å². The Morgan fingerprint density at radius 3 is 2.25 bits per heavy atom. The van der Waals surface area contributed by atoms with Gasteiger partial charge in [-0.25, -0.2) is 0 Å². The Balaban J connectivity index is 1.77. The average Bonchev–Trinajstić information content (AvgIpc) is 2.62. The number of esters is 1. The molecule has 0 radical (unpaired) electrons. The molecule has 0 aliphatic rings. The quantitative estimate of drug-likeness (QED) is 0.569. The molecule has 0 spiro atoms. The number of carbonyl (C=O) groups excluding carboxylic acids is 1. The third-order valence-corrected chi connectivity index (χ3v) is 4.43. The standard InChI is InChI=1S/C22H22O2/c1-3-21(18-10-5-4-6-11-18)22(23)24-16(2)19-14-13-17-9-7-8-12-20(17)15-19/h4-16,21H,3H2,1-2H3/t16-,21-/m0/s1. The first-order chi connectivity index (χ1) is 11.7. The number of hydrogen-bond donors (Lipinski definition) is 0. The van der Waals surface area contributed by atoms with Crippen LogP contribution in [-0.4, -0.2) is 5.97 Å². The molecule has 0 N–H and O–H groups in total. The topological polar surface area (TPSA) is 26.3 Å². The molecule has 3 rings (SSSR count). The fourth-order valence-corrected chi connectivity index (χ4v) is 3.01. The molecule has 0 heterocycles. The fraction of sp³-hybridized carbons (Fsp3) is 0.227. The van der Waals surface area contributed by atoms with Crippen LogP contribution >= 0.6 is 0 Å². The fourth-order valence-electron chi connectivity index (χ4n) is 3.01. The maximum atomic E-state index is 12.6. The molecule has 0 saturated carbocycles. The van der Waals surface area contributed by atoms with Crippen LogP contribution in [0.25, 0.3) is 10.8 Å². The first-order valence-electron chi connectivity index (χ1n) is 8.43. The third kappa shape index (κ3) is 3.48. The Hall–Kier alpha value is -2.61. The van der Waals surface area contributed by atoms with Crippen LogP contribution in [0.5, 0.6) is 0 Å². The first-order valence-corrected chi connectivity index (χ1v) is 8.43. The molecule has 0 saturated heterocycles. The Morgan fingerprint density at radius 2 is 1.54 bits per heavy atom. The Labute approximate surface area is 143 Å². The molecule has 2 nitrogen and oxygen atoms in total. The summed E-state index contributed by atoms with van der Waals surface area (Å²) in [7, 11) is 0. The van der Waals surface area contributed by atoms with E-state index in [0.717, 1.165) is 22.9 Å².